The lowest BCUT2D eigenvalue weighted by atomic mass is 10.2. The third-order valence-electron chi connectivity index (χ3n) is 3.56. The lowest BCUT2D eigenvalue weighted by Crippen LogP contribution is -2.15. The van der Waals surface area contributed by atoms with E-state index in [9.17, 15) is 9.59 Å². The van der Waals surface area contributed by atoms with E-state index in [1.165, 1.54) is 6.92 Å². The van der Waals surface area contributed by atoms with E-state index >= 15 is 0 Å². The molecule has 0 atom stereocenters. The Morgan fingerprint density at radius 2 is 1.67 bits per heavy atom. The van der Waals surface area contributed by atoms with Crippen LogP contribution in [-0.2, 0) is 11.3 Å². The largest absolute Gasteiger partial charge is 0.365 e. The molecule has 8 heteroatoms. The normalized spacial score (nSPS) is 10.1. The van der Waals surface area contributed by atoms with Gasteiger partial charge in [-0.1, -0.05) is 6.07 Å². The maximum absolute atomic E-state index is 12.3. The number of nitrogens with zero attached hydrogens (tertiary/aromatic N) is 3. The highest BCUT2D eigenvalue weighted by molar-refractivity contribution is 6.03. The summed E-state index contributed by atoms with van der Waals surface area (Å²) in [7, 11) is 0. The van der Waals surface area contributed by atoms with Crippen molar-refractivity contribution in [3.63, 3.8) is 0 Å². The third kappa shape index (κ3) is 5.33. The van der Waals surface area contributed by atoms with Gasteiger partial charge >= 0.3 is 0 Å². The number of rotatable bonds is 6. The fourth-order valence-electron chi connectivity index (χ4n) is 2.31. The van der Waals surface area contributed by atoms with Crippen LogP contribution in [-0.4, -0.2) is 27.0 Å². The van der Waals surface area contributed by atoms with Crippen LogP contribution in [0.15, 0.2) is 60.9 Å². The van der Waals surface area contributed by atoms with E-state index in [0.717, 1.165) is 5.56 Å². The number of carbonyl (C=O) groups is 2. The Morgan fingerprint density at radius 1 is 0.926 bits per heavy atom. The molecule has 0 radical (unpaired) electrons. The van der Waals surface area contributed by atoms with Gasteiger partial charge in [-0.2, -0.15) is 0 Å². The molecule has 8 nitrogen and oxygen atoms in total. The fourth-order valence-corrected chi connectivity index (χ4v) is 2.31. The lowest BCUT2D eigenvalue weighted by molar-refractivity contribution is -0.114. The van der Waals surface area contributed by atoms with Crippen molar-refractivity contribution < 1.29 is 9.59 Å². The van der Waals surface area contributed by atoms with Crippen LogP contribution in [0.3, 0.4) is 0 Å². The van der Waals surface area contributed by atoms with Gasteiger partial charge in [0.25, 0.3) is 5.91 Å². The van der Waals surface area contributed by atoms with Gasteiger partial charge in [-0.3, -0.25) is 14.6 Å². The van der Waals surface area contributed by atoms with Crippen LogP contribution in [0.1, 0.15) is 23.0 Å². The maximum Gasteiger partial charge on any atom is 0.276 e. The van der Waals surface area contributed by atoms with Gasteiger partial charge in [-0.05, 0) is 48.0 Å². The number of carbonyl (C=O) groups excluding carboxylic acids is 2. The zero-order valence-electron chi connectivity index (χ0n) is 14.6. The summed E-state index contributed by atoms with van der Waals surface area (Å²) < 4.78 is 0. The number of nitrogens with one attached hydrogen (secondary N) is 3. The summed E-state index contributed by atoms with van der Waals surface area (Å²) in [6, 6.07) is 13.9. The van der Waals surface area contributed by atoms with Crippen molar-refractivity contribution in [3.8, 4) is 0 Å². The van der Waals surface area contributed by atoms with Gasteiger partial charge in [0.15, 0.2) is 5.69 Å². The molecular weight excluding hydrogens is 344 g/mol. The molecule has 3 aromatic rings. The van der Waals surface area contributed by atoms with Gasteiger partial charge in [0.2, 0.25) is 5.91 Å². The summed E-state index contributed by atoms with van der Waals surface area (Å²) >= 11 is 0. The van der Waals surface area contributed by atoms with Gasteiger partial charge in [0.1, 0.15) is 5.82 Å². The topological polar surface area (TPSA) is 109 Å². The van der Waals surface area contributed by atoms with Crippen LogP contribution in [0.5, 0.6) is 0 Å². The second-order valence-electron chi connectivity index (χ2n) is 5.73. The molecule has 0 aliphatic rings. The molecule has 0 aliphatic carbocycles. The van der Waals surface area contributed by atoms with Crippen molar-refractivity contribution in [1.29, 1.82) is 0 Å². The molecule has 0 bridgehead atoms. The number of benzene rings is 1. The Labute approximate surface area is 156 Å². The van der Waals surface area contributed by atoms with Crippen molar-refractivity contribution in [2.75, 3.05) is 16.0 Å². The molecule has 0 fully saturated rings. The molecule has 0 saturated heterocycles. The van der Waals surface area contributed by atoms with Crippen LogP contribution in [0.25, 0.3) is 0 Å². The molecule has 2 aromatic heterocycles. The highest BCUT2D eigenvalue weighted by Gasteiger charge is 2.09. The number of pyridine rings is 1. The molecular formula is C19H18N6O2. The van der Waals surface area contributed by atoms with Gasteiger partial charge < -0.3 is 16.0 Å². The van der Waals surface area contributed by atoms with E-state index in [2.05, 4.69) is 31.1 Å². The number of anilines is 3. The third-order valence-corrected chi connectivity index (χ3v) is 3.56. The summed E-state index contributed by atoms with van der Waals surface area (Å²) in [6.07, 6.45) is 3.44. The minimum absolute atomic E-state index is 0.181. The van der Waals surface area contributed by atoms with Gasteiger partial charge in [0, 0.05) is 37.2 Å². The average molecular weight is 362 g/mol. The van der Waals surface area contributed by atoms with Crippen LogP contribution < -0.4 is 16.0 Å². The summed E-state index contributed by atoms with van der Waals surface area (Å²) in [5.41, 5.74) is 2.40. The van der Waals surface area contributed by atoms with Gasteiger partial charge in [-0.25, -0.2) is 0 Å². The van der Waals surface area contributed by atoms with Crippen molar-refractivity contribution in [1.82, 2.24) is 15.2 Å². The van der Waals surface area contributed by atoms with Gasteiger partial charge in [0.05, 0.1) is 0 Å². The molecule has 0 saturated carbocycles. The second-order valence-corrected chi connectivity index (χ2v) is 5.73. The first-order valence-corrected chi connectivity index (χ1v) is 8.26. The van der Waals surface area contributed by atoms with E-state index in [1.54, 1.807) is 48.8 Å². The van der Waals surface area contributed by atoms with Crippen LogP contribution >= 0.6 is 0 Å². The van der Waals surface area contributed by atoms with E-state index in [0.29, 0.717) is 23.7 Å². The first-order valence-electron chi connectivity index (χ1n) is 8.26. The molecule has 0 spiro atoms. The number of aromatic nitrogens is 3. The molecule has 136 valence electrons. The molecule has 0 aliphatic heterocycles. The number of hydrogen-bond donors (Lipinski definition) is 3. The van der Waals surface area contributed by atoms with E-state index in [4.69, 9.17) is 0 Å². The van der Waals surface area contributed by atoms with E-state index in [-0.39, 0.29) is 17.5 Å². The fraction of sp³-hybridized carbons (Fsp3) is 0.105. The Morgan fingerprint density at radius 3 is 2.33 bits per heavy atom. The molecule has 1 aromatic carbocycles. The molecule has 27 heavy (non-hydrogen) atoms. The predicted octanol–water partition coefficient (Wildman–Crippen LogP) is 2.69. The second kappa shape index (κ2) is 8.52. The Kier molecular flexibility index (Phi) is 5.68. The SMILES string of the molecule is CC(=O)Nc1cccc(NC(=O)c2ccc(NCc3ccncc3)nn2)c1. The number of amides is 2. The summed E-state index contributed by atoms with van der Waals surface area (Å²) in [5.74, 6) is -0.00151. The van der Waals surface area contributed by atoms with Crippen LogP contribution in [0.2, 0.25) is 0 Å². The van der Waals surface area contributed by atoms with Crippen molar-refractivity contribution >= 4 is 29.0 Å². The summed E-state index contributed by atoms with van der Waals surface area (Å²) in [6.45, 7) is 2.00. The van der Waals surface area contributed by atoms with Crippen LogP contribution in [0.4, 0.5) is 17.2 Å². The molecule has 0 unspecified atom stereocenters. The highest BCUT2D eigenvalue weighted by atomic mass is 16.2. The Balaban J connectivity index is 1.59. The zero-order chi connectivity index (χ0) is 19.1. The monoisotopic (exact) mass is 362 g/mol. The Bertz CT molecular complexity index is 928. The lowest BCUT2D eigenvalue weighted by Gasteiger charge is -2.08. The standard InChI is InChI=1S/C19H18N6O2/c1-13(26)22-15-3-2-4-16(11-15)23-19(27)17-5-6-18(25-24-17)21-12-14-7-9-20-10-8-14/h2-11H,12H2,1H3,(H,21,25)(H,22,26)(H,23,27). The first-order chi connectivity index (χ1) is 13.1. The van der Waals surface area contributed by atoms with Gasteiger partial charge in [-0.15, -0.1) is 10.2 Å². The Hall–Kier alpha value is -3.81. The maximum atomic E-state index is 12.3. The van der Waals surface area contributed by atoms with Crippen molar-refractivity contribution in [3.05, 3.63) is 72.2 Å². The summed E-state index contributed by atoms with van der Waals surface area (Å²) in [4.78, 5) is 27.4. The zero-order valence-corrected chi connectivity index (χ0v) is 14.6. The molecule has 2 amide bonds. The van der Waals surface area contributed by atoms with Crippen LogP contribution in [0, 0.1) is 0 Å². The van der Waals surface area contributed by atoms with Crippen molar-refractivity contribution in [2.24, 2.45) is 0 Å². The predicted molar refractivity (Wildman–Crippen MR) is 102 cm³/mol. The molecule has 3 rings (SSSR count). The molecule has 3 N–H and O–H groups in total. The van der Waals surface area contributed by atoms with E-state index in [1.807, 2.05) is 12.1 Å². The average Bonchev–Trinajstić information content (AvgIpc) is 2.67. The minimum Gasteiger partial charge on any atom is -0.365 e. The van der Waals surface area contributed by atoms with Crippen molar-refractivity contribution in [2.45, 2.75) is 13.5 Å². The summed E-state index contributed by atoms with van der Waals surface area (Å²) in [5, 5.41) is 16.5. The minimum atomic E-state index is -0.386. The first kappa shape index (κ1) is 18.0. The quantitative estimate of drug-likeness (QED) is 0.622. The highest BCUT2D eigenvalue weighted by Crippen LogP contribution is 2.16. The van der Waals surface area contributed by atoms with E-state index < -0.39 is 0 Å². The smallest absolute Gasteiger partial charge is 0.276 e. The molecule has 2 heterocycles. The number of hydrogen-bond acceptors (Lipinski definition) is 6.